The summed E-state index contributed by atoms with van der Waals surface area (Å²) in [6, 6.07) is 3.58. The molecule has 0 bridgehead atoms. The van der Waals surface area contributed by atoms with Crippen LogP contribution in [0.2, 0.25) is 5.02 Å². The highest BCUT2D eigenvalue weighted by Crippen LogP contribution is 2.39. The molecule has 0 amide bonds. The van der Waals surface area contributed by atoms with Crippen LogP contribution in [0.4, 0.5) is 0 Å². The Morgan fingerprint density at radius 2 is 2.11 bits per heavy atom. The zero-order chi connectivity index (χ0) is 13.8. The van der Waals surface area contributed by atoms with Gasteiger partial charge in [-0.1, -0.05) is 37.3 Å². The predicted octanol–water partition coefficient (Wildman–Crippen LogP) is 5.11. The van der Waals surface area contributed by atoms with E-state index >= 15 is 0 Å². The second-order valence-corrected chi connectivity index (χ2v) is 6.54. The largest absolute Gasteiger partial charge is 0.495 e. The molecule has 0 spiro atoms. The lowest BCUT2D eigenvalue weighted by Gasteiger charge is -2.18. The fourth-order valence-electron chi connectivity index (χ4n) is 2.89. The minimum absolute atomic E-state index is 0.509. The summed E-state index contributed by atoms with van der Waals surface area (Å²) in [5.41, 5.74) is 0.778. The van der Waals surface area contributed by atoms with E-state index in [1.165, 1.54) is 25.7 Å². The van der Waals surface area contributed by atoms with Gasteiger partial charge in [0.2, 0.25) is 0 Å². The summed E-state index contributed by atoms with van der Waals surface area (Å²) in [6.07, 6.45) is 6.64. The molecule has 1 saturated carbocycles. The van der Waals surface area contributed by atoms with Gasteiger partial charge in [0.1, 0.15) is 5.75 Å². The molecule has 0 heterocycles. The molecule has 1 aromatic rings. The Morgan fingerprint density at radius 1 is 1.42 bits per heavy atom. The van der Waals surface area contributed by atoms with Crippen LogP contribution < -0.4 is 4.74 Å². The molecule has 1 aromatic carbocycles. The van der Waals surface area contributed by atoms with Crippen LogP contribution >= 0.6 is 27.5 Å². The molecular formula is C15H20BrClO2. The SMILES string of the molecule is COc1c(Br)cc(Cl)cc1C(O)CCC1CCCC1. The second-order valence-electron chi connectivity index (χ2n) is 5.25. The maximum absolute atomic E-state index is 10.4. The lowest BCUT2D eigenvalue weighted by Crippen LogP contribution is -2.04. The Kier molecular flexibility index (Phi) is 5.55. The van der Waals surface area contributed by atoms with Crippen molar-refractivity contribution in [1.29, 1.82) is 0 Å². The molecular weight excluding hydrogens is 328 g/mol. The summed E-state index contributed by atoms with van der Waals surface area (Å²) >= 11 is 9.48. The normalized spacial score (nSPS) is 17.7. The highest BCUT2D eigenvalue weighted by molar-refractivity contribution is 9.10. The average Bonchev–Trinajstić information content (AvgIpc) is 2.88. The van der Waals surface area contributed by atoms with Crippen LogP contribution in [0.3, 0.4) is 0 Å². The lowest BCUT2D eigenvalue weighted by molar-refractivity contribution is 0.153. The lowest BCUT2D eigenvalue weighted by atomic mass is 9.96. The van der Waals surface area contributed by atoms with E-state index < -0.39 is 6.10 Å². The predicted molar refractivity (Wildman–Crippen MR) is 81.9 cm³/mol. The van der Waals surface area contributed by atoms with Gasteiger partial charge in [0, 0.05) is 10.6 Å². The van der Waals surface area contributed by atoms with Crippen molar-refractivity contribution in [1.82, 2.24) is 0 Å². The van der Waals surface area contributed by atoms with Crippen LogP contribution in [0, 0.1) is 5.92 Å². The van der Waals surface area contributed by atoms with Crippen molar-refractivity contribution in [2.24, 2.45) is 5.92 Å². The van der Waals surface area contributed by atoms with Crippen LogP contribution in [0.1, 0.15) is 50.2 Å². The van der Waals surface area contributed by atoms with Gasteiger partial charge in [0.15, 0.2) is 0 Å². The Morgan fingerprint density at radius 3 is 2.74 bits per heavy atom. The maximum Gasteiger partial charge on any atom is 0.138 e. The highest BCUT2D eigenvalue weighted by Gasteiger charge is 2.20. The number of rotatable bonds is 5. The first-order valence-electron chi connectivity index (χ1n) is 6.82. The van der Waals surface area contributed by atoms with Crippen molar-refractivity contribution in [3.8, 4) is 5.75 Å². The minimum Gasteiger partial charge on any atom is -0.495 e. The molecule has 0 saturated heterocycles. The third-order valence-electron chi connectivity index (χ3n) is 3.92. The molecule has 1 N–H and O–H groups in total. The molecule has 1 atom stereocenters. The van der Waals surface area contributed by atoms with Crippen molar-refractivity contribution in [3.63, 3.8) is 0 Å². The molecule has 106 valence electrons. The molecule has 0 aliphatic heterocycles. The molecule has 0 aromatic heterocycles. The zero-order valence-electron chi connectivity index (χ0n) is 11.2. The molecule has 2 rings (SSSR count). The quantitative estimate of drug-likeness (QED) is 0.801. The molecule has 0 radical (unpaired) electrons. The first kappa shape index (κ1) is 15.1. The van der Waals surface area contributed by atoms with Gasteiger partial charge in [-0.25, -0.2) is 0 Å². The van der Waals surface area contributed by atoms with Crippen LogP contribution in [0.5, 0.6) is 5.75 Å². The number of aliphatic hydroxyl groups excluding tert-OH is 1. The fraction of sp³-hybridized carbons (Fsp3) is 0.600. The van der Waals surface area contributed by atoms with E-state index in [1.54, 1.807) is 19.2 Å². The molecule has 1 aliphatic rings. The van der Waals surface area contributed by atoms with Crippen molar-refractivity contribution in [3.05, 3.63) is 27.2 Å². The molecule has 4 heteroatoms. The van der Waals surface area contributed by atoms with Gasteiger partial charge in [-0.15, -0.1) is 0 Å². The number of methoxy groups -OCH3 is 1. The van der Waals surface area contributed by atoms with E-state index in [-0.39, 0.29) is 0 Å². The number of ether oxygens (including phenoxy) is 1. The number of halogens is 2. The summed E-state index contributed by atoms with van der Waals surface area (Å²) in [6.45, 7) is 0. The first-order valence-corrected chi connectivity index (χ1v) is 8.00. The van der Waals surface area contributed by atoms with Crippen LogP contribution in [-0.2, 0) is 0 Å². The molecule has 19 heavy (non-hydrogen) atoms. The Balaban J connectivity index is 2.06. The number of benzene rings is 1. The Labute approximate surface area is 128 Å². The topological polar surface area (TPSA) is 29.5 Å². The summed E-state index contributed by atoms with van der Waals surface area (Å²) in [4.78, 5) is 0. The average molecular weight is 348 g/mol. The smallest absolute Gasteiger partial charge is 0.138 e. The van der Waals surface area contributed by atoms with Gasteiger partial charge >= 0.3 is 0 Å². The van der Waals surface area contributed by atoms with Gasteiger partial charge < -0.3 is 9.84 Å². The molecule has 2 nitrogen and oxygen atoms in total. The third-order valence-corrected chi connectivity index (χ3v) is 4.73. The summed E-state index contributed by atoms with van der Waals surface area (Å²) in [5.74, 6) is 1.46. The molecule has 1 fully saturated rings. The van der Waals surface area contributed by atoms with Crippen LogP contribution in [0.25, 0.3) is 0 Å². The summed E-state index contributed by atoms with van der Waals surface area (Å²) in [5, 5.41) is 11.0. The molecule has 1 unspecified atom stereocenters. The zero-order valence-corrected chi connectivity index (χ0v) is 13.5. The van der Waals surface area contributed by atoms with Crippen molar-refractivity contribution in [2.45, 2.75) is 44.6 Å². The monoisotopic (exact) mass is 346 g/mol. The standard InChI is InChI=1S/C15H20BrClO2/c1-19-15-12(8-11(17)9-13(15)16)14(18)7-6-10-4-2-3-5-10/h8-10,14,18H,2-7H2,1H3. The van der Waals surface area contributed by atoms with Crippen molar-refractivity contribution in [2.75, 3.05) is 7.11 Å². The highest BCUT2D eigenvalue weighted by atomic mass is 79.9. The van der Waals surface area contributed by atoms with E-state index in [2.05, 4.69) is 15.9 Å². The Hall–Kier alpha value is -0.250. The maximum atomic E-state index is 10.4. The van der Waals surface area contributed by atoms with E-state index in [1.807, 2.05) is 0 Å². The number of hydrogen-bond acceptors (Lipinski definition) is 2. The molecule has 1 aliphatic carbocycles. The van der Waals surface area contributed by atoms with Crippen molar-refractivity contribution >= 4 is 27.5 Å². The van der Waals surface area contributed by atoms with E-state index in [4.69, 9.17) is 16.3 Å². The van der Waals surface area contributed by atoms with Gasteiger partial charge in [-0.05, 0) is 46.8 Å². The first-order chi connectivity index (χ1) is 9.11. The van der Waals surface area contributed by atoms with E-state index in [9.17, 15) is 5.11 Å². The number of aliphatic hydroxyl groups is 1. The third kappa shape index (κ3) is 3.87. The van der Waals surface area contributed by atoms with Crippen LogP contribution in [-0.4, -0.2) is 12.2 Å². The minimum atomic E-state index is -0.509. The summed E-state index contributed by atoms with van der Waals surface area (Å²) in [7, 11) is 1.61. The van der Waals surface area contributed by atoms with E-state index in [0.717, 1.165) is 28.8 Å². The van der Waals surface area contributed by atoms with Gasteiger partial charge in [-0.2, -0.15) is 0 Å². The van der Waals surface area contributed by atoms with Crippen molar-refractivity contribution < 1.29 is 9.84 Å². The van der Waals surface area contributed by atoms with E-state index in [0.29, 0.717) is 10.8 Å². The van der Waals surface area contributed by atoms with Gasteiger partial charge in [0.25, 0.3) is 0 Å². The fourth-order valence-corrected chi connectivity index (χ4v) is 3.89. The Bertz CT molecular complexity index is 430. The van der Waals surface area contributed by atoms with Crippen LogP contribution in [0.15, 0.2) is 16.6 Å². The number of hydrogen-bond donors (Lipinski definition) is 1. The second kappa shape index (κ2) is 6.96. The van der Waals surface area contributed by atoms with Gasteiger partial charge in [-0.3, -0.25) is 0 Å². The summed E-state index contributed by atoms with van der Waals surface area (Å²) < 4.78 is 6.15. The van der Waals surface area contributed by atoms with Gasteiger partial charge in [0.05, 0.1) is 17.7 Å².